The molecule has 3 aromatic rings. The van der Waals surface area contributed by atoms with E-state index >= 15 is 0 Å². The van der Waals surface area contributed by atoms with E-state index in [0.29, 0.717) is 25.8 Å². The van der Waals surface area contributed by atoms with Crippen LogP contribution in [-0.2, 0) is 33.8 Å². The molecular formula is C36H45N3O5. The minimum Gasteiger partial charge on any atom is -0.488 e. The summed E-state index contributed by atoms with van der Waals surface area (Å²) in [5.74, 6) is 0.230. The molecule has 44 heavy (non-hydrogen) atoms. The van der Waals surface area contributed by atoms with Gasteiger partial charge >= 0.3 is 5.97 Å². The lowest BCUT2D eigenvalue weighted by molar-refractivity contribution is -0.143. The van der Waals surface area contributed by atoms with Crippen LogP contribution in [0, 0.1) is 25.7 Å². The Labute approximate surface area is 260 Å². The molecule has 4 heterocycles. The summed E-state index contributed by atoms with van der Waals surface area (Å²) in [6.45, 7) is 11.6. The van der Waals surface area contributed by atoms with Gasteiger partial charge in [0.1, 0.15) is 18.2 Å². The third kappa shape index (κ3) is 6.21. The van der Waals surface area contributed by atoms with E-state index in [2.05, 4.69) is 47.9 Å². The summed E-state index contributed by atoms with van der Waals surface area (Å²) < 4.78 is 17.6. The van der Waals surface area contributed by atoms with Crippen LogP contribution in [0.5, 0.6) is 5.75 Å². The number of aliphatic carboxylic acids is 1. The van der Waals surface area contributed by atoms with E-state index < -0.39 is 11.9 Å². The van der Waals surface area contributed by atoms with Gasteiger partial charge in [0.25, 0.3) is 0 Å². The molecule has 8 heteroatoms. The van der Waals surface area contributed by atoms with E-state index in [4.69, 9.17) is 19.2 Å². The molecule has 2 aromatic carbocycles. The highest BCUT2D eigenvalue weighted by atomic mass is 16.5. The molecule has 8 nitrogen and oxygen atoms in total. The molecule has 0 amide bonds. The van der Waals surface area contributed by atoms with Crippen LogP contribution in [0.1, 0.15) is 47.6 Å². The fraction of sp³-hybridized carbons (Fsp3) is 0.500. The van der Waals surface area contributed by atoms with Crippen molar-refractivity contribution in [2.24, 2.45) is 11.8 Å². The van der Waals surface area contributed by atoms with Gasteiger partial charge in [-0.05, 0) is 85.5 Å². The first-order valence-electron chi connectivity index (χ1n) is 15.9. The smallest absolute Gasteiger partial charge is 0.309 e. The number of carboxylic acids is 1. The Balaban J connectivity index is 1.21. The van der Waals surface area contributed by atoms with Crippen LogP contribution in [0.2, 0.25) is 0 Å². The van der Waals surface area contributed by atoms with E-state index in [1.807, 2.05) is 31.2 Å². The summed E-state index contributed by atoms with van der Waals surface area (Å²) in [6, 6.07) is 17.0. The second-order valence-electron chi connectivity index (χ2n) is 12.7. The zero-order valence-corrected chi connectivity index (χ0v) is 26.4. The maximum atomic E-state index is 12.1. The number of carbonyl (C=O) groups is 1. The SMILES string of the molecule is COC[C@@H]1[C@H](C(=O)O)[C@@H](C)CN1c1cccc(-c2cc(C)ccc2OCc2ccc3c(c2C)CCN(C2CCOCC2)C3)n1. The Morgan fingerprint density at radius 1 is 1.11 bits per heavy atom. The fourth-order valence-electron chi connectivity index (χ4n) is 7.46. The third-order valence-corrected chi connectivity index (χ3v) is 9.90. The molecule has 0 aliphatic carbocycles. The molecule has 2 fully saturated rings. The second-order valence-corrected chi connectivity index (χ2v) is 12.7. The first-order valence-corrected chi connectivity index (χ1v) is 15.9. The number of hydrogen-bond acceptors (Lipinski definition) is 7. The van der Waals surface area contributed by atoms with Crippen molar-refractivity contribution in [3.63, 3.8) is 0 Å². The van der Waals surface area contributed by atoms with Crippen molar-refractivity contribution >= 4 is 11.8 Å². The average Bonchev–Trinajstić information content (AvgIpc) is 3.37. The number of fused-ring (bicyclic) bond motifs is 1. The summed E-state index contributed by atoms with van der Waals surface area (Å²) in [5, 5.41) is 9.92. The Kier molecular flexibility index (Phi) is 9.21. The van der Waals surface area contributed by atoms with Gasteiger partial charge in [0.05, 0.1) is 24.3 Å². The van der Waals surface area contributed by atoms with Gasteiger partial charge in [0.2, 0.25) is 0 Å². The van der Waals surface area contributed by atoms with Crippen LogP contribution in [0.3, 0.4) is 0 Å². The molecule has 1 N–H and O–H groups in total. The topological polar surface area (TPSA) is 84.4 Å². The van der Waals surface area contributed by atoms with Crippen LogP contribution in [0.15, 0.2) is 48.5 Å². The monoisotopic (exact) mass is 599 g/mol. The number of anilines is 1. The molecule has 0 bridgehead atoms. The molecule has 0 unspecified atom stereocenters. The summed E-state index contributed by atoms with van der Waals surface area (Å²) in [5.41, 5.74) is 8.32. The Hall–Kier alpha value is -3.46. The Morgan fingerprint density at radius 2 is 1.93 bits per heavy atom. The lowest BCUT2D eigenvalue weighted by atomic mass is 9.90. The van der Waals surface area contributed by atoms with E-state index in [0.717, 1.165) is 74.0 Å². The third-order valence-electron chi connectivity index (χ3n) is 9.90. The highest BCUT2D eigenvalue weighted by Crippen LogP contribution is 2.37. The van der Waals surface area contributed by atoms with Crippen molar-refractivity contribution in [3.8, 4) is 17.0 Å². The average molecular weight is 600 g/mol. The maximum Gasteiger partial charge on any atom is 0.309 e. The van der Waals surface area contributed by atoms with E-state index in [1.165, 1.54) is 22.3 Å². The number of aryl methyl sites for hydroxylation is 1. The molecule has 3 aliphatic heterocycles. The molecule has 2 saturated heterocycles. The highest BCUT2D eigenvalue weighted by Gasteiger charge is 2.44. The van der Waals surface area contributed by atoms with Crippen molar-refractivity contribution in [1.82, 2.24) is 9.88 Å². The first-order chi connectivity index (χ1) is 21.3. The lowest BCUT2D eigenvalue weighted by Gasteiger charge is -2.38. The number of ether oxygens (including phenoxy) is 3. The van der Waals surface area contributed by atoms with E-state index in [1.54, 1.807) is 7.11 Å². The van der Waals surface area contributed by atoms with Gasteiger partial charge in [-0.3, -0.25) is 9.69 Å². The number of pyridine rings is 1. The Bertz CT molecular complexity index is 1490. The van der Waals surface area contributed by atoms with Crippen molar-refractivity contribution in [2.45, 2.75) is 65.3 Å². The number of methoxy groups -OCH3 is 1. The van der Waals surface area contributed by atoms with Gasteiger partial charge < -0.3 is 24.2 Å². The quantitative estimate of drug-likeness (QED) is 0.338. The number of rotatable bonds is 9. The molecule has 0 saturated carbocycles. The van der Waals surface area contributed by atoms with Crippen LogP contribution in [0.4, 0.5) is 5.82 Å². The van der Waals surface area contributed by atoms with Gasteiger partial charge in [-0.1, -0.05) is 36.8 Å². The van der Waals surface area contributed by atoms with Crippen LogP contribution < -0.4 is 9.64 Å². The summed E-state index contributed by atoms with van der Waals surface area (Å²) in [7, 11) is 1.62. The maximum absolute atomic E-state index is 12.1. The number of nitrogens with zero attached hydrogens (tertiary/aromatic N) is 3. The number of hydrogen-bond donors (Lipinski definition) is 1. The highest BCUT2D eigenvalue weighted by molar-refractivity contribution is 5.74. The van der Waals surface area contributed by atoms with Crippen LogP contribution >= 0.6 is 0 Å². The first kappa shape index (κ1) is 30.6. The molecule has 234 valence electrons. The number of benzene rings is 2. The zero-order valence-electron chi connectivity index (χ0n) is 26.4. The number of aromatic nitrogens is 1. The number of carboxylic acid groups (broad SMARTS) is 1. The predicted octanol–water partition coefficient (Wildman–Crippen LogP) is 5.65. The lowest BCUT2D eigenvalue weighted by Crippen LogP contribution is -2.42. The zero-order chi connectivity index (χ0) is 30.8. The second kappa shape index (κ2) is 13.3. The minimum absolute atomic E-state index is 0.0132. The van der Waals surface area contributed by atoms with Gasteiger partial charge in [-0.15, -0.1) is 0 Å². The van der Waals surface area contributed by atoms with Crippen molar-refractivity contribution in [1.29, 1.82) is 0 Å². The van der Waals surface area contributed by atoms with Crippen molar-refractivity contribution < 1.29 is 24.1 Å². The van der Waals surface area contributed by atoms with Gasteiger partial charge in [-0.25, -0.2) is 4.98 Å². The van der Waals surface area contributed by atoms with Crippen LogP contribution in [-0.4, -0.2) is 73.1 Å². The molecule has 1 aromatic heterocycles. The standard InChI is InChI=1S/C36H45N3O5/c1-23-8-11-33(44-21-27-10-9-26-20-38(15-12-29(26)25(27)3)28-13-16-43-17-14-28)30(18-23)31-6-5-7-34(37-31)39-19-24(2)35(36(40)41)32(39)22-42-4/h5-11,18,24,28,32,35H,12-17,19-22H2,1-4H3,(H,40,41)/t24-,32+,35+/m0/s1. The van der Waals surface area contributed by atoms with E-state index in [-0.39, 0.29) is 12.0 Å². The summed E-state index contributed by atoms with van der Waals surface area (Å²) >= 11 is 0. The summed E-state index contributed by atoms with van der Waals surface area (Å²) in [6.07, 6.45) is 3.33. The molecule has 3 aliphatic rings. The molecule has 6 rings (SSSR count). The molecule has 3 atom stereocenters. The molecular weight excluding hydrogens is 554 g/mol. The van der Waals surface area contributed by atoms with Crippen molar-refractivity contribution in [2.75, 3.05) is 44.9 Å². The minimum atomic E-state index is -0.790. The van der Waals surface area contributed by atoms with Crippen LogP contribution in [0.25, 0.3) is 11.3 Å². The van der Waals surface area contributed by atoms with Gasteiger partial charge in [0.15, 0.2) is 0 Å². The Morgan fingerprint density at radius 3 is 2.70 bits per heavy atom. The summed E-state index contributed by atoms with van der Waals surface area (Å²) in [4.78, 5) is 21.9. The largest absolute Gasteiger partial charge is 0.488 e. The van der Waals surface area contributed by atoms with Gasteiger partial charge in [-0.2, -0.15) is 0 Å². The predicted molar refractivity (Wildman–Crippen MR) is 171 cm³/mol. The van der Waals surface area contributed by atoms with Crippen molar-refractivity contribution in [3.05, 3.63) is 76.3 Å². The molecule has 0 radical (unpaired) electrons. The normalized spacial score (nSPS) is 22.6. The van der Waals surface area contributed by atoms with Gasteiger partial charge in [0, 0.05) is 51.6 Å². The van der Waals surface area contributed by atoms with E-state index in [9.17, 15) is 9.90 Å². The fourth-order valence-corrected chi connectivity index (χ4v) is 7.46. The molecule has 0 spiro atoms.